The summed E-state index contributed by atoms with van der Waals surface area (Å²) in [7, 11) is 0. The molecule has 0 unspecified atom stereocenters. The zero-order valence-corrected chi connectivity index (χ0v) is 11.6. The van der Waals surface area contributed by atoms with Crippen molar-refractivity contribution in [3.05, 3.63) is 35.4 Å². The SMILES string of the molecule is CC(C)Cc1ccc(C2(NC(C)C)CC2)cc1. The number of nitrogens with one attached hydrogen (secondary N) is 1. The summed E-state index contributed by atoms with van der Waals surface area (Å²) in [6.07, 6.45) is 3.76. The molecule has 94 valence electrons. The molecule has 1 aliphatic rings. The van der Waals surface area contributed by atoms with Crippen LogP contribution in [0.3, 0.4) is 0 Å². The minimum atomic E-state index is 0.296. The Labute approximate surface area is 106 Å². The molecule has 0 heterocycles. The molecule has 1 aromatic rings. The van der Waals surface area contributed by atoms with E-state index in [4.69, 9.17) is 0 Å². The van der Waals surface area contributed by atoms with E-state index in [1.807, 2.05) is 0 Å². The molecule has 0 atom stereocenters. The van der Waals surface area contributed by atoms with Crippen LogP contribution in [0.4, 0.5) is 0 Å². The summed E-state index contributed by atoms with van der Waals surface area (Å²) in [4.78, 5) is 0. The second kappa shape index (κ2) is 4.81. The highest BCUT2D eigenvalue weighted by Crippen LogP contribution is 2.45. The Bertz CT molecular complexity index is 358. The monoisotopic (exact) mass is 231 g/mol. The fourth-order valence-electron chi connectivity index (χ4n) is 2.63. The van der Waals surface area contributed by atoms with Crippen molar-refractivity contribution < 1.29 is 0 Å². The second-order valence-corrected chi connectivity index (χ2v) is 6.18. The maximum Gasteiger partial charge on any atom is 0.0438 e. The van der Waals surface area contributed by atoms with Gasteiger partial charge in [0.1, 0.15) is 0 Å². The van der Waals surface area contributed by atoms with Crippen molar-refractivity contribution in [2.45, 2.75) is 58.5 Å². The zero-order chi connectivity index (χ0) is 12.5. The zero-order valence-electron chi connectivity index (χ0n) is 11.6. The Morgan fingerprint density at radius 3 is 2.06 bits per heavy atom. The molecule has 0 radical (unpaired) electrons. The summed E-state index contributed by atoms with van der Waals surface area (Å²) in [5.74, 6) is 0.740. The molecule has 2 rings (SSSR count). The molecule has 1 heteroatoms. The highest BCUT2D eigenvalue weighted by Gasteiger charge is 2.44. The molecule has 1 nitrogen and oxygen atoms in total. The van der Waals surface area contributed by atoms with Gasteiger partial charge in [-0.2, -0.15) is 0 Å². The first-order valence-corrected chi connectivity index (χ1v) is 6.89. The van der Waals surface area contributed by atoms with E-state index < -0.39 is 0 Å². The third kappa shape index (κ3) is 3.10. The van der Waals surface area contributed by atoms with Crippen molar-refractivity contribution in [2.75, 3.05) is 0 Å². The van der Waals surface area contributed by atoms with Gasteiger partial charge in [0, 0.05) is 11.6 Å². The van der Waals surface area contributed by atoms with Crippen LogP contribution in [0.25, 0.3) is 0 Å². The van der Waals surface area contributed by atoms with Crippen molar-refractivity contribution in [3.63, 3.8) is 0 Å². The van der Waals surface area contributed by atoms with Gasteiger partial charge in [0.2, 0.25) is 0 Å². The van der Waals surface area contributed by atoms with E-state index in [0.29, 0.717) is 11.6 Å². The third-order valence-electron chi connectivity index (χ3n) is 3.47. The second-order valence-electron chi connectivity index (χ2n) is 6.18. The van der Waals surface area contributed by atoms with Crippen LogP contribution < -0.4 is 5.32 Å². The molecule has 1 saturated carbocycles. The fourth-order valence-corrected chi connectivity index (χ4v) is 2.63. The van der Waals surface area contributed by atoms with E-state index in [9.17, 15) is 0 Å². The van der Waals surface area contributed by atoms with Gasteiger partial charge < -0.3 is 5.32 Å². The van der Waals surface area contributed by atoms with Crippen LogP contribution in [0.15, 0.2) is 24.3 Å². The van der Waals surface area contributed by atoms with Crippen molar-refractivity contribution in [1.82, 2.24) is 5.32 Å². The third-order valence-corrected chi connectivity index (χ3v) is 3.47. The molecule has 0 amide bonds. The average molecular weight is 231 g/mol. The van der Waals surface area contributed by atoms with Crippen LogP contribution in [-0.2, 0) is 12.0 Å². The quantitative estimate of drug-likeness (QED) is 0.811. The largest absolute Gasteiger partial charge is 0.305 e. The van der Waals surface area contributed by atoms with Gasteiger partial charge in [-0.25, -0.2) is 0 Å². The van der Waals surface area contributed by atoms with Gasteiger partial charge in [0.25, 0.3) is 0 Å². The van der Waals surface area contributed by atoms with Crippen LogP contribution >= 0.6 is 0 Å². The van der Waals surface area contributed by atoms with Gasteiger partial charge in [-0.1, -0.05) is 52.0 Å². The minimum Gasteiger partial charge on any atom is -0.305 e. The Morgan fingerprint density at radius 2 is 1.65 bits per heavy atom. The van der Waals surface area contributed by atoms with Crippen molar-refractivity contribution in [3.8, 4) is 0 Å². The van der Waals surface area contributed by atoms with Crippen LogP contribution in [0, 0.1) is 5.92 Å². The highest BCUT2D eigenvalue weighted by molar-refractivity contribution is 5.33. The van der Waals surface area contributed by atoms with Crippen molar-refractivity contribution in [2.24, 2.45) is 5.92 Å². The van der Waals surface area contributed by atoms with Gasteiger partial charge >= 0.3 is 0 Å². The molecule has 0 aromatic heterocycles. The first-order valence-electron chi connectivity index (χ1n) is 6.89. The molecule has 1 fully saturated rings. The van der Waals surface area contributed by atoms with Gasteiger partial charge in [0.15, 0.2) is 0 Å². The predicted octanol–water partition coefficient (Wildman–Crippen LogP) is 3.87. The summed E-state index contributed by atoms with van der Waals surface area (Å²) < 4.78 is 0. The Kier molecular flexibility index (Phi) is 3.58. The lowest BCUT2D eigenvalue weighted by Crippen LogP contribution is -2.34. The Hall–Kier alpha value is -0.820. The van der Waals surface area contributed by atoms with E-state index in [2.05, 4.69) is 57.3 Å². The topological polar surface area (TPSA) is 12.0 Å². The number of rotatable bonds is 5. The summed E-state index contributed by atoms with van der Waals surface area (Å²) in [6, 6.07) is 9.81. The molecule has 0 saturated heterocycles. The van der Waals surface area contributed by atoms with E-state index in [1.54, 1.807) is 0 Å². The standard InChI is InChI=1S/C16H25N/c1-12(2)11-14-5-7-15(8-6-14)16(9-10-16)17-13(3)4/h5-8,12-13,17H,9-11H2,1-4H3. The van der Waals surface area contributed by atoms with E-state index in [1.165, 1.54) is 30.4 Å². The maximum absolute atomic E-state index is 3.71. The van der Waals surface area contributed by atoms with Gasteiger partial charge in [0.05, 0.1) is 0 Å². The molecule has 0 aliphatic heterocycles. The van der Waals surface area contributed by atoms with Crippen molar-refractivity contribution >= 4 is 0 Å². The lowest BCUT2D eigenvalue weighted by atomic mass is 9.98. The first-order chi connectivity index (χ1) is 8.02. The Morgan fingerprint density at radius 1 is 1.06 bits per heavy atom. The van der Waals surface area contributed by atoms with E-state index in [-0.39, 0.29) is 0 Å². The molecule has 1 N–H and O–H groups in total. The molecule has 1 aliphatic carbocycles. The molecule has 1 aromatic carbocycles. The van der Waals surface area contributed by atoms with Crippen LogP contribution in [0.1, 0.15) is 51.7 Å². The van der Waals surface area contributed by atoms with Gasteiger partial charge in [-0.15, -0.1) is 0 Å². The summed E-state index contributed by atoms with van der Waals surface area (Å²) in [5, 5.41) is 3.71. The Balaban J connectivity index is 2.07. The highest BCUT2D eigenvalue weighted by atomic mass is 15.0. The predicted molar refractivity (Wildman–Crippen MR) is 74.2 cm³/mol. The lowest BCUT2D eigenvalue weighted by Gasteiger charge is -2.21. The van der Waals surface area contributed by atoms with E-state index >= 15 is 0 Å². The number of hydrogen-bond acceptors (Lipinski definition) is 1. The van der Waals surface area contributed by atoms with Gasteiger partial charge in [-0.3, -0.25) is 0 Å². The van der Waals surface area contributed by atoms with Gasteiger partial charge in [-0.05, 0) is 36.3 Å². The normalized spacial score (nSPS) is 17.8. The average Bonchev–Trinajstić information content (AvgIpc) is 2.98. The van der Waals surface area contributed by atoms with Crippen LogP contribution in [0.5, 0.6) is 0 Å². The van der Waals surface area contributed by atoms with Crippen LogP contribution in [-0.4, -0.2) is 6.04 Å². The molecular formula is C16H25N. The first kappa shape index (κ1) is 12.6. The molecule has 0 spiro atoms. The molecular weight excluding hydrogens is 206 g/mol. The number of benzene rings is 1. The number of hydrogen-bond donors (Lipinski definition) is 1. The fraction of sp³-hybridized carbons (Fsp3) is 0.625. The summed E-state index contributed by atoms with van der Waals surface area (Å²) in [6.45, 7) is 9.01. The summed E-state index contributed by atoms with van der Waals surface area (Å²) in [5.41, 5.74) is 3.23. The maximum atomic E-state index is 3.71. The van der Waals surface area contributed by atoms with E-state index in [0.717, 1.165) is 5.92 Å². The smallest absolute Gasteiger partial charge is 0.0438 e. The lowest BCUT2D eigenvalue weighted by molar-refractivity contribution is 0.461. The van der Waals surface area contributed by atoms with Crippen molar-refractivity contribution in [1.29, 1.82) is 0 Å². The molecule has 0 bridgehead atoms. The van der Waals surface area contributed by atoms with Crippen LogP contribution in [0.2, 0.25) is 0 Å². The minimum absolute atomic E-state index is 0.296. The molecule has 17 heavy (non-hydrogen) atoms. The summed E-state index contributed by atoms with van der Waals surface area (Å²) >= 11 is 0.